The molecular formula is C10H21N. The molecule has 2 atom stereocenters. The lowest BCUT2D eigenvalue weighted by Crippen LogP contribution is -2.23. The molecule has 0 aliphatic carbocycles. The molecule has 0 spiro atoms. The molecule has 1 N–H and O–H groups in total. The van der Waals surface area contributed by atoms with Crippen molar-refractivity contribution in [1.29, 1.82) is 0 Å². The van der Waals surface area contributed by atoms with Crippen LogP contribution >= 0.6 is 0 Å². The normalized spacial score (nSPS) is 33.8. The number of nitrogens with one attached hydrogen (secondary N) is 1. The van der Waals surface area contributed by atoms with E-state index in [1.165, 1.54) is 25.9 Å². The summed E-state index contributed by atoms with van der Waals surface area (Å²) in [5.74, 6) is 2.69. The Kier molecular flexibility index (Phi) is 3.38. The van der Waals surface area contributed by atoms with Crippen LogP contribution in [0.25, 0.3) is 0 Å². The molecule has 1 fully saturated rings. The molecule has 66 valence electrons. The topological polar surface area (TPSA) is 12.0 Å². The minimum Gasteiger partial charge on any atom is -0.316 e. The minimum atomic E-state index is 0.850. The van der Waals surface area contributed by atoms with Crippen LogP contribution < -0.4 is 5.32 Å². The average Bonchev–Trinajstić information content (AvgIpc) is 2.13. The van der Waals surface area contributed by atoms with Crippen molar-refractivity contribution in [3.05, 3.63) is 0 Å². The quantitative estimate of drug-likeness (QED) is 0.612. The summed E-state index contributed by atoms with van der Waals surface area (Å²) in [6.45, 7) is 9.52. The lowest BCUT2D eigenvalue weighted by molar-refractivity contribution is 0.323. The molecule has 0 saturated carbocycles. The highest BCUT2D eigenvalue weighted by Gasteiger charge is 2.18. The fourth-order valence-electron chi connectivity index (χ4n) is 1.86. The highest BCUT2D eigenvalue weighted by Crippen LogP contribution is 2.23. The highest BCUT2D eigenvalue weighted by molar-refractivity contribution is 4.73. The van der Waals surface area contributed by atoms with Crippen LogP contribution in [0.5, 0.6) is 0 Å². The summed E-state index contributed by atoms with van der Waals surface area (Å²) in [4.78, 5) is 0. The van der Waals surface area contributed by atoms with E-state index in [2.05, 4.69) is 26.1 Å². The van der Waals surface area contributed by atoms with E-state index in [1.807, 2.05) is 0 Å². The van der Waals surface area contributed by atoms with Crippen LogP contribution in [0.4, 0.5) is 0 Å². The second kappa shape index (κ2) is 4.10. The Balaban J connectivity index is 2.39. The molecule has 0 radical (unpaired) electrons. The Morgan fingerprint density at radius 1 is 1.36 bits per heavy atom. The third kappa shape index (κ3) is 2.82. The molecule has 1 saturated heterocycles. The number of rotatable bonds is 1. The van der Waals surface area contributed by atoms with Gasteiger partial charge in [-0.15, -0.1) is 0 Å². The summed E-state index contributed by atoms with van der Waals surface area (Å²) in [5.41, 5.74) is 0. The van der Waals surface area contributed by atoms with Gasteiger partial charge in [0.25, 0.3) is 0 Å². The van der Waals surface area contributed by atoms with Crippen molar-refractivity contribution in [1.82, 2.24) is 5.32 Å². The van der Waals surface area contributed by atoms with E-state index >= 15 is 0 Å². The first kappa shape index (κ1) is 9.05. The molecule has 0 aromatic rings. The number of hydrogen-bond acceptors (Lipinski definition) is 1. The van der Waals surface area contributed by atoms with E-state index in [0.717, 1.165) is 17.8 Å². The van der Waals surface area contributed by atoms with Gasteiger partial charge in [-0.05, 0) is 43.7 Å². The van der Waals surface area contributed by atoms with Gasteiger partial charge in [-0.25, -0.2) is 0 Å². The Morgan fingerprint density at radius 3 is 2.73 bits per heavy atom. The predicted molar refractivity (Wildman–Crippen MR) is 49.6 cm³/mol. The molecule has 0 amide bonds. The standard InChI is InChI=1S/C10H21N/c1-8(2)10-6-9(3)4-5-11-7-10/h8-11H,4-7H2,1-3H3. The van der Waals surface area contributed by atoms with E-state index in [9.17, 15) is 0 Å². The molecule has 0 aromatic heterocycles. The van der Waals surface area contributed by atoms with Crippen LogP contribution in [0.15, 0.2) is 0 Å². The van der Waals surface area contributed by atoms with E-state index in [1.54, 1.807) is 0 Å². The maximum absolute atomic E-state index is 3.51. The second-order valence-electron chi connectivity index (χ2n) is 4.34. The lowest BCUT2D eigenvalue weighted by atomic mass is 9.87. The Bertz CT molecular complexity index is 109. The first-order chi connectivity index (χ1) is 5.20. The zero-order chi connectivity index (χ0) is 8.27. The summed E-state index contributed by atoms with van der Waals surface area (Å²) in [6, 6.07) is 0. The Morgan fingerprint density at radius 2 is 2.09 bits per heavy atom. The van der Waals surface area contributed by atoms with E-state index in [4.69, 9.17) is 0 Å². The van der Waals surface area contributed by atoms with Crippen molar-refractivity contribution in [2.24, 2.45) is 17.8 Å². The lowest BCUT2D eigenvalue weighted by Gasteiger charge is -2.20. The van der Waals surface area contributed by atoms with Crippen LogP contribution in [0, 0.1) is 17.8 Å². The third-order valence-corrected chi connectivity index (χ3v) is 2.87. The summed E-state index contributed by atoms with van der Waals surface area (Å²) in [6.07, 6.45) is 2.79. The van der Waals surface area contributed by atoms with Gasteiger partial charge in [0, 0.05) is 0 Å². The Labute approximate surface area is 70.6 Å². The highest BCUT2D eigenvalue weighted by atomic mass is 14.9. The van der Waals surface area contributed by atoms with Gasteiger partial charge in [-0.1, -0.05) is 20.8 Å². The monoisotopic (exact) mass is 155 g/mol. The molecule has 11 heavy (non-hydrogen) atoms. The summed E-state index contributed by atoms with van der Waals surface area (Å²) in [7, 11) is 0. The summed E-state index contributed by atoms with van der Waals surface area (Å²) < 4.78 is 0. The molecule has 0 bridgehead atoms. The molecule has 1 heterocycles. The smallest absolute Gasteiger partial charge is 0.00180 e. The molecular weight excluding hydrogens is 134 g/mol. The fourth-order valence-corrected chi connectivity index (χ4v) is 1.86. The van der Waals surface area contributed by atoms with Crippen LogP contribution in [0.1, 0.15) is 33.6 Å². The van der Waals surface area contributed by atoms with E-state index in [-0.39, 0.29) is 0 Å². The van der Waals surface area contributed by atoms with Gasteiger partial charge < -0.3 is 5.32 Å². The van der Waals surface area contributed by atoms with Gasteiger partial charge in [-0.2, -0.15) is 0 Å². The van der Waals surface area contributed by atoms with E-state index in [0.29, 0.717) is 0 Å². The molecule has 1 aliphatic heterocycles. The van der Waals surface area contributed by atoms with Crippen molar-refractivity contribution in [2.75, 3.05) is 13.1 Å². The zero-order valence-corrected chi connectivity index (χ0v) is 8.06. The predicted octanol–water partition coefficient (Wildman–Crippen LogP) is 2.28. The zero-order valence-electron chi connectivity index (χ0n) is 8.06. The fraction of sp³-hybridized carbons (Fsp3) is 1.00. The van der Waals surface area contributed by atoms with Gasteiger partial charge in [-0.3, -0.25) is 0 Å². The molecule has 1 rings (SSSR count). The molecule has 2 unspecified atom stereocenters. The summed E-state index contributed by atoms with van der Waals surface area (Å²) >= 11 is 0. The molecule has 1 aliphatic rings. The van der Waals surface area contributed by atoms with Crippen molar-refractivity contribution >= 4 is 0 Å². The third-order valence-electron chi connectivity index (χ3n) is 2.87. The van der Waals surface area contributed by atoms with Gasteiger partial charge in [0.05, 0.1) is 0 Å². The van der Waals surface area contributed by atoms with Gasteiger partial charge in [0.2, 0.25) is 0 Å². The maximum atomic E-state index is 3.51. The van der Waals surface area contributed by atoms with Crippen molar-refractivity contribution in [3.63, 3.8) is 0 Å². The van der Waals surface area contributed by atoms with Crippen molar-refractivity contribution in [2.45, 2.75) is 33.6 Å². The van der Waals surface area contributed by atoms with Crippen molar-refractivity contribution < 1.29 is 0 Å². The van der Waals surface area contributed by atoms with Crippen molar-refractivity contribution in [3.8, 4) is 0 Å². The molecule has 1 heteroatoms. The average molecular weight is 155 g/mol. The SMILES string of the molecule is CC1CCNCC(C(C)C)C1. The van der Waals surface area contributed by atoms with Crippen LogP contribution in [0.3, 0.4) is 0 Å². The largest absolute Gasteiger partial charge is 0.316 e. The summed E-state index contributed by atoms with van der Waals surface area (Å²) in [5, 5.41) is 3.51. The van der Waals surface area contributed by atoms with E-state index < -0.39 is 0 Å². The second-order valence-corrected chi connectivity index (χ2v) is 4.34. The van der Waals surface area contributed by atoms with Gasteiger partial charge >= 0.3 is 0 Å². The molecule has 0 aromatic carbocycles. The first-order valence-electron chi connectivity index (χ1n) is 4.91. The minimum absolute atomic E-state index is 0.850. The van der Waals surface area contributed by atoms with Crippen LogP contribution in [-0.2, 0) is 0 Å². The number of hydrogen-bond donors (Lipinski definition) is 1. The van der Waals surface area contributed by atoms with Gasteiger partial charge in [0.15, 0.2) is 0 Å². The Hall–Kier alpha value is -0.0400. The first-order valence-corrected chi connectivity index (χ1v) is 4.91. The molecule has 1 nitrogen and oxygen atoms in total. The van der Waals surface area contributed by atoms with Crippen LogP contribution in [0.2, 0.25) is 0 Å². The van der Waals surface area contributed by atoms with Gasteiger partial charge in [0.1, 0.15) is 0 Å². The van der Waals surface area contributed by atoms with Crippen LogP contribution in [-0.4, -0.2) is 13.1 Å². The maximum Gasteiger partial charge on any atom is -0.00180 e.